The Morgan fingerprint density at radius 2 is 1.92 bits per heavy atom. The van der Waals surface area contributed by atoms with Crippen LogP contribution in [0.3, 0.4) is 0 Å². The van der Waals surface area contributed by atoms with E-state index in [1.54, 1.807) is 22.8 Å². The summed E-state index contributed by atoms with van der Waals surface area (Å²) < 4.78 is 7.16. The minimum Gasteiger partial charge on any atom is -0.457 e. The summed E-state index contributed by atoms with van der Waals surface area (Å²) in [6.45, 7) is 0.940. The van der Waals surface area contributed by atoms with E-state index >= 15 is 0 Å². The average molecular weight is 348 g/mol. The monoisotopic (exact) mass is 348 g/mol. The Bertz CT molecular complexity index is 1010. The molecule has 0 amide bonds. The molecule has 0 spiro atoms. The molecule has 0 fully saturated rings. The van der Waals surface area contributed by atoms with Crippen molar-refractivity contribution in [1.82, 2.24) is 9.55 Å². The van der Waals surface area contributed by atoms with Gasteiger partial charge in [0, 0.05) is 13.0 Å². The van der Waals surface area contributed by atoms with Gasteiger partial charge in [0.05, 0.1) is 16.5 Å². The Morgan fingerprint density at radius 3 is 2.77 bits per heavy atom. The lowest BCUT2D eigenvalue weighted by Crippen LogP contribution is -2.24. The second kappa shape index (κ2) is 7.12. The molecule has 3 aromatic rings. The van der Waals surface area contributed by atoms with E-state index in [1.807, 2.05) is 30.3 Å². The van der Waals surface area contributed by atoms with E-state index in [2.05, 4.69) is 4.98 Å². The first-order valence-electron chi connectivity index (χ1n) is 8.97. The second-order valence-corrected chi connectivity index (χ2v) is 6.59. The van der Waals surface area contributed by atoms with Gasteiger partial charge in [-0.1, -0.05) is 36.8 Å². The number of carbonyl (C=O) groups excluding carboxylic acids is 1. The van der Waals surface area contributed by atoms with Crippen LogP contribution in [-0.4, -0.2) is 15.5 Å². The van der Waals surface area contributed by atoms with Crippen molar-refractivity contribution in [3.63, 3.8) is 0 Å². The fraction of sp³-hybridized carbons (Fsp3) is 0.286. The molecule has 0 atom stereocenters. The summed E-state index contributed by atoms with van der Waals surface area (Å²) in [5.41, 5.74) is 1.90. The smallest absolute Gasteiger partial charge is 0.338 e. The number of esters is 1. The van der Waals surface area contributed by atoms with Gasteiger partial charge in [-0.25, -0.2) is 9.78 Å². The summed E-state index contributed by atoms with van der Waals surface area (Å²) in [5, 5.41) is 0.551. The first-order chi connectivity index (χ1) is 12.7. The predicted molar refractivity (Wildman–Crippen MR) is 99.1 cm³/mol. The summed E-state index contributed by atoms with van der Waals surface area (Å²) in [5.74, 6) is 0.405. The number of nitrogens with zero attached hydrogens (tertiary/aromatic N) is 2. The zero-order valence-electron chi connectivity index (χ0n) is 14.5. The summed E-state index contributed by atoms with van der Waals surface area (Å²) in [6, 6.07) is 14.5. The number of hydrogen-bond acceptors (Lipinski definition) is 4. The maximum atomic E-state index is 12.7. The number of benzene rings is 2. The van der Waals surface area contributed by atoms with Gasteiger partial charge in [-0.2, -0.15) is 0 Å². The van der Waals surface area contributed by atoms with E-state index in [0.29, 0.717) is 16.5 Å². The molecule has 0 saturated heterocycles. The van der Waals surface area contributed by atoms with Gasteiger partial charge in [-0.15, -0.1) is 0 Å². The van der Waals surface area contributed by atoms with Gasteiger partial charge >= 0.3 is 5.97 Å². The van der Waals surface area contributed by atoms with Gasteiger partial charge in [0.15, 0.2) is 0 Å². The van der Waals surface area contributed by atoms with E-state index in [9.17, 15) is 9.59 Å². The Balaban J connectivity index is 1.62. The van der Waals surface area contributed by atoms with Crippen molar-refractivity contribution in [2.24, 2.45) is 0 Å². The van der Waals surface area contributed by atoms with Crippen LogP contribution in [0.1, 0.15) is 41.0 Å². The van der Waals surface area contributed by atoms with Gasteiger partial charge in [-0.05, 0) is 36.6 Å². The molecule has 5 heteroatoms. The zero-order chi connectivity index (χ0) is 17.9. The van der Waals surface area contributed by atoms with Gasteiger partial charge in [-0.3, -0.25) is 9.36 Å². The number of aromatic nitrogens is 2. The van der Waals surface area contributed by atoms with Gasteiger partial charge < -0.3 is 4.74 Å². The van der Waals surface area contributed by atoms with Crippen molar-refractivity contribution in [3.8, 4) is 0 Å². The minimum atomic E-state index is -0.410. The molecule has 1 aliphatic rings. The quantitative estimate of drug-likeness (QED) is 0.680. The van der Waals surface area contributed by atoms with E-state index < -0.39 is 5.97 Å². The maximum Gasteiger partial charge on any atom is 0.338 e. The van der Waals surface area contributed by atoms with Crippen LogP contribution in [-0.2, 0) is 24.3 Å². The number of carbonyl (C=O) groups is 1. The molecule has 2 aromatic carbocycles. The number of ether oxygens (including phenoxy) is 1. The van der Waals surface area contributed by atoms with Crippen molar-refractivity contribution in [1.29, 1.82) is 0 Å². The third-order valence-electron chi connectivity index (χ3n) is 4.76. The molecule has 1 aliphatic heterocycles. The van der Waals surface area contributed by atoms with Crippen LogP contribution >= 0.6 is 0 Å². The average Bonchev–Trinajstić information content (AvgIpc) is 2.92. The standard InChI is InChI=1S/C21H20N2O3/c24-20-17-11-10-16(21(25)26-14-15-7-3-1-4-8-15)13-18(17)22-19-9-5-2-6-12-23(19)20/h1,3-4,7-8,10-11,13H,2,5-6,9,12,14H2. The first kappa shape index (κ1) is 16.5. The lowest BCUT2D eigenvalue weighted by molar-refractivity contribution is 0.0473. The van der Waals surface area contributed by atoms with Crippen LogP contribution in [0.5, 0.6) is 0 Å². The molecular formula is C21H20N2O3. The van der Waals surface area contributed by atoms with Crippen LogP contribution in [0.25, 0.3) is 10.9 Å². The molecule has 5 nitrogen and oxygen atoms in total. The van der Waals surface area contributed by atoms with Crippen LogP contribution in [0, 0.1) is 0 Å². The zero-order valence-corrected chi connectivity index (χ0v) is 14.5. The molecule has 0 N–H and O–H groups in total. The Labute approximate surface area is 151 Å². The minimum absolute atomic E-state index is 0.0175. The molecule has 1 aromatic heterocycles. The first-order valence-corrected chi connectivity index (χ1v) is 8.97. The molecule has 0 bridgehead atoms. The summed E-state index contributed by atoms with van der Waals surface area (Å²) in [6.07, 6.45) is 3.95. The van der Waals surface area contributed by atoms with Crippen molar-refractivity contribution < 1.29 is 9.53 Å². The Morgan fingerprint density at radius 1 is 1.08 bits per heavy atom. The highest BCUT2D eigenvalue weighted by molar-refractivity contribution is 5.94. The third kappa shape index (κ3) is 3.25. The van der Waals surface area contributed by atoms with Crippen LogP contribution in [0.4, 0.5) is 0 Å². The lowest BCUT2D eigenvalue weighted by atomic mass is 10.1. The molecule has 132 valence electrons. The van der Waals surface area contributed by atoms with Crippen molar-refractivity contribution in [2.75, 3.05) is 0 Å². The van der Waals surface area contributed by atoms with Gasteiger partial charge in [0.1, 0.15) is 12.4 Å². The molecule has 0 saturated carbocycles. The van der Waals surface area contributed by atoms with Crippen molar-refractivity contribution >= 4 is 16.9 Å². The van der Waals surface area contributed by atoms with Crippen LogP contribution in [0.2, 0.25) is 0 Å². The molecule has 4 rings (SSSR count). The predicted octanol–water partition coefficient (Wildman–Crippen LogP) is 3.48. The Kier molecular flexibility index (Phi) is 4.52. The summed E-state index contributed by atoms with van der Waals surface area (Å²) >= 11 is 0. The largest absolute Gasteiger partial charge is 0.457 e. The fourth-order valence-electron chi connectivity index (χ4n) is 3.35. The molecule has 0 unspecified atom stereocenters. The number of aryl methyl sites for hydroxylation is 1. The molecule has 0 aliphatic carbocycles. The molecular weight excluding hydrogens is 328 g/mol. The second-order valence-electron chi connectivity index (χ2n) is 6.59. The molecule has 26 heavy (non-hydrogen) atoms. The normalized spacial score (nSPS) is 13.8. The summed E-state index contributed by atoms with van der Waals surface area (Å²) in [7, 11) is 0. The van der Waals surface area contributed by atoms with Crippen LogP contribution < -0.4 is 5.56 Å². The highest BCUT2D eigenvalue weighted by atomic mass is 16.5. The lowest BCUT2D eigenvalue weighted by Gasteiger charge is -2.11. The maximum absolute atomic E-state index is 12.7. The van der Waals surface area contributed by atoms with Crippen molar-refractivity contribution in [2.45, 2.75) is 38.8 Å². The van der Waals surface area contributed by atoms with E-state index in [4.69, 9.17) is 4.74 Å². The number of hydrogen-bond donors (Lipinski definition) is 0. The molecule has 2 heterocycles. The van der Waals surface area contributed by atoms with E-state index in [0.717, 1.165) is 43.6 Å². The number of rotatable bonds is 3. The summed E-state index contributed by atoms with van der Waals surface area (Å²) in [4.78, 5) is 29.7. The SMILES string of the molecule is O=C(OCc1ccccc1)c1ccc2c(=O)n3c(nc2c1)CCCCC3. The fourth-order valence-corrected chi connectivity index (χ4v) is 3.35. The van der Waals surface area contributed by atoms with Gasteiger partial charge in [0.25, 0.3) is 5.56 Å². The van der Waals surface area contributed by atoms with Gasteiger partial charge in [0.2, 0.25) is 0 Å². The topological polar surface area (TPSA) is 61.2 Å². The number of fused-ring (bicyclic) bond motifs is 2. The van der Waals surface area contributed by atoms with Crippen molar-refractivity contribution in [3.05, 3.63) is 75.8 Å². The van der Waals surface area contributed by atoms with E-state index in [-0.39, 0.29) is 12.2 Å². The van der Waals surface area contributed by atoms with Crippen LogP contribution in [0.15, 0.2) is 53.3 Å². The highest BCUT2D eigenvalue weighted by Crippen LogP contribution is 2.17. The highest BCUT2D eigenvalue weighted by Gasteiger charge is 2.15. The van der Waals surface area contributed by atoms with E-state index in [1.165, 1.54) is 0 Å². The Hall–Kier alpha value is -2.95. The third-order valence-corrected chi connectivity index (χ3v) is 4.76. The molecule has 0 radical (unpaired) electrons.